The van der Waals surface area contributed by atoms with Crippen molar-refractivity contribution in [2.45, 2.75) is 309 Å². The third-order valence-electron chi connectivity index (χ3n) is 26.7. The van der Waals surface area contributed by atoms with Gasteiger partial charge < -0.3 is 73.5 Å². The van der Waals surface area contributed by atoms with Gasteiger partial charge >= 0.3 is 36.8 Å². The molecule has 6 fully saturated rings. The van der Waals surface area contributed by atoms with Gasteiger partial charge in [-0.3, -0.25) is 14.4 Å². The van der Waals surface area contributed by atoms with Crippen LogP contribution in [0.1, 0.15) is 233 Å². The van der Waals surface area contributed by atoms with Gasteiger partial charge in [0.15, 0.2) is 0 Å². The van der Waals surface area contributed by atoms with Crippen molar-refractivity contribution in [3.8, 4) is 17.6 Å². The number of fused-ring (bicyclic) bond motifs is 15. The van der Waals surface area contributed by atoms with Crippen LogP contribution in [0.2, 0.25) is 0 Å². The Kier molecular flexibility index (Phi) is 33.9. The number of ether oxygens (including phenoxy) is 6. The van der Waals surface area contributed by atoms with E-state index in [1.165, 1.54) is 32.9 Å². The van der Waals surface area contributed by atoms with Crippen molar-refractivity contribution >= 4 is 88.0 Å². The maximum atomic E-state index is 14.0. The molecule has 0 spiro atoms. The van der Waals surface area contributed by atoms with E-state index >= 15 is 0 Å². The van der Waals surface area contributed by atoms with E-state index in [1.807, 2.05) is 67.3 Å². The molecule has 717 valence electrons. The number of halogens is 9. The molecule has 39 heteroatoms. The molecule has 3 radical (unpaired) electrons. The zero-order valence-corrected chi connectivity index (χ0v) is 80.4. The molecule has 6 aromatic rings. The first-order valence-corrected chi connectivity index (χ1v) is 44.7. The largest absolute Gasteiger partial charge is 0.540 e. The van der Waals surface area contributed by atoms with Gasteiger partial charge in [0.05, 0.1) is 69.4 Å². The van der Waals surface area contributed by atoms with Crippen LogP contribution in [0.4, 0.5) is 53.9 Å². The average molecular weight is 1960 g/mol. The summed E-state index contributed by atoms with van der Waals surface area (Å²) in [6.45, 7) is 23.4. The fourth-order valence-electron chi connectivity index (χ4n) is 18.6. The Bertz CT molecular complexity index is 5180. The van der Waals surface area contributed by atoms with E-state index in [2.05, 4.69) is 45.9 Å². The number of aromatic nitrogens is 6. The quantitative estimate of drug-likeness (QED) is 0.0842. The summed E-state index contributed by atoms with van der Waals surface area (Å²) in [6, 6.07) is 3.83. The summed E-state index contributed by atoms with van der Waals surface area (Å²) in [7, 11) is 0. The number of nitrogens with zero attached hydrogens (tertiary/aromatic N) is 9. The second-order valence-electron chi connectivity index (χ2n) is 39.5. The van der Waals surface area contributed by atoms with E-state index in [4.69, 9.17) is 28.4 Å². The van der Waals surface area contributed by atoms with Crippen LogP contribution in [0.5, 0.6) is 17.6 Å². The molecule has 3 aliphatic carbocycles. The van der Waals surface area contributed by atoms with E-state index in [0.717, 1.165) is 146 Å². The second-order valence-corrected chi connectivity index (χ2v) is 39.5. The number of hydrogen-bond donors (Lipinski definition) is 3. The predicted molar refractivity (Wildman–Crippen MR) is 453 cm³/mol. The molecule has 3 aromatic carbocycles. The Morgan fingerprint density at radius 1 is 0.379 bits per heavy atom. The molecule has 3 aromatic heterocycles. The van der Waals surface area contributed by atoms with Gasteiger partial charge in [-0.05, 0) is 197 Å². The minimum atomic E-state index is -4.55. The number of nitrogens with one attached hydrogen (secondary N) is 3. The molecular formula is C93H114F9N12O15V3-3. The number of carbonyl (C=O) groups is 6. The molecule has 15 rings (SSSR count). The Hall–Kier alpha value is -8.57. The van der Waals surface area contributed by atoms with Crippen molar-refractivity contribution in [1.29, 1.82) is 0 Å². The van der Waals surface area contributed by atoms with E-state index in [-0.39, 0.29) is 139 Å². The van der Waals surface area contributed by atoms with Crippen molar-refractivity contribution in [2.75, 3.05) is 19.6 Å². The molecule has 6 bridgehead atoms. The molecule has 9 aliphatic rings. The maximum absolute atomic E-state index is 14.0. The molecule has 3 saturated heterocycles. The monoisotopic (exact) mass is 1960 g/mol. The van der Waals surface area contributed by atoms with Crippen LogP contribution in [-0.2, 0) is 136 Å². The molecule has 3 saturated carbocycles. The SMILES string of the molecule is C[C@@H]1[C@@H]2CN(C(=O)[C@H](C(C)(C)C)NC(=O)O[C@@H]3CCC[C@H]3CCCCCc3nc4ccc(C(F)(F)F)cc4nc3O2)[C@@H]1[C-]=O.C[C@@H]1[C@@H]2CN(C(=O)[C@H](C(C)(C)C)NC(=O)O[C@@H]3C[C@H]3CCCCCc3nc4ccc(C(F)(F)F)cc4nc3O2)[C@@H]1[C-]=O.C[C@@H]1[C@@H]2CN(C(=O)[C@H](C(C)(C)C)NC(=O)O[C@]3(C)C[C@H]3CCCCCc3nc4ccc(C(F)(F)F)cc4nc3O2)[C@@H]1[C-]=O.[V].[V].[V]. The van der Waals surface area contributed by atoms with Gasteiger partial charge in [0, 0.05) is 61.6 Å². The molecular weight excluding hydrogens is 1850 g/mol. The number of benzene rings is 3. The molecule has 6 aliphatic heterocycles. The molecule has 3 N–H and O–H groups in total. The molecule has 9 heterocycles. The van der Waals surface area contributed by atoms with Gasteiger partial charge in [0.2, 0.25) is 35.4 Å². The van der Waals surface area contributed by atoms with Crippen molar-refractivity contribution in [3.63, 3.8) is 0 Å². The number of alkyl halides is 9. The molecule has 0 unspecified atom stereocenters. The van der Waals surface area contributed by atoms with Gasteiger partial charge in [-0.15, -0.1) is 0 Å². The summed E-state index contributed by atoms with van der Waals surface area (Å²) in [4.78, 5) is 148. The summed E-state index contributed by atoms with van der Waals surface area (Å²) in [5, 5.41) is 8.26. The fourth-order valence-corrected chi connectivity index (χ4v) is 18.6. The minimum Gasteiger partial charge on any atom is -0.540 e. The van der Waals surface area contributed by atoms with Crippen LogP contribution in [0.3, 0.4) is 0 Å². The molecule has 18 atom stereocenters. The van der Waals surface area contributed by atoms with Crippen LogP contribution >= 0.6 is 0 Å². The number of carbonyl (C=O) groups excluding carboxylic acids is 9. The molecule has 27 nitrogen and oxygen atoms in total. The van der Waals surface area contributed by atoms with Crippen LogP contribution < -0.4 is 30.2 Å². The van der Waals surface area contributed by atoms with Crippen molar-refractivity contribution in [1.82, 2.24) is 60.6 Å². The topological polar surface area (TPSA) is 332 Å². The van der Waals surface area contributed by atoms with E-state index < -0.39 is 165 Å². The number of rotatable bonds is 3. The first-order valence-electron chi connectivity index (χ1n) is 44.7. The third-order valence-corrected chi connectivity index (χ3v) is 26.7. The second kappa shape index (κ2) is 42.4. The normalized spacial score (nSPS) is 29.0. The van der Waals surface area contributed by atoms with Crippen LogP contribution in [-0.4, -0.2) is 191 Å². The van der Waals surface area contributed by atoms with Gasteiger partial charge in [-0.2, -0.15) is 39.5 Å². The number of aryl methyl sites for hydroxylation is 3. The number of alkyl carbamates (subject to hydrolysis) is 3. The summed E-state index contributed by atoms with van der Waals surface area (Å²) in [5.41, 5.74) is -2.64. The Labute approximate surface area is 797 Å². The number of amides is 6. The Balaban J connectivity index is 0.000000203. The van der Waals surface area contributed by atoms with E-state index in [0.29, 0.717) is 52.9 Å². The van der Waals surface area contributed by atoms with Crippen molar-refractivity contribution < 1.29 is 167 Å². The first-order chi connectivity index (χ1) is 60.6. The smallest absolute Gasteiger partial charge is 0.416 e. The summed E-state index contributed by atoms with van der Waals surface area (Å²) < 4.78 is 157. The average Bonchev–Trinajstić information content (AvgIpc) is 1.62. The van der Waals surface area contributed by atoms with E-state index in [1.54, 1.807) is 41.5 Å². The van der Waals surface area contributed by atoms with Crippen LogP contribution in [0.25, 0.3) is 33.1 Å². The van der Waals surface area contributed by atoms with Gasteiger partial charge in [-0.25, -0.2) is 63.1 Å². The Morgan fingerprint density at radius 2 is 0.697 bits per heavy atom. The zero-order chi connectivity index (χ0) is 93.5. The zero-order valence-electron chi connectivity index (χ0n) is 76.2. The van der Waals surface area contributed by atoms with Crippen molar-refractivity contribution in [3.05, 3.63) is 88.4 Å². The summed E-state index contributed by atoms with van der Waals surface area (Å²) in [5.74, 6) is -2.00. The minimum absolute atomic E-state index is 0. The van der Waals surface area contributed by atoms with Crippen LogP contribution in [0, 0.1) is 51.8 Å². The maximum Gasteiger partial charge on any atom is 0.416 e. The molecule has 132 heavy (non-hydrogen) atoms. The standard InChI is InChI=1S/C32H40F3N4O5.C31H38F3N4O5.C30H36F3N4O5.3V/c1-18-24(17-40)39-16-26(18)43-28-22(36-21-14-13-20(32(33,34)35)15-23(21)37-28)11-7-5-6-9-19-10-8-12-25(19)44-30(42)38-27(29(39)41)31(2,3)4;1-17-23(16-39)38-15-24(17)42-26-21(35-20-12-11-18(31(32,33)34)13-22(20)36-26)10-8-6-7-9-19-14-30(19,5)43-28(41)37-25(27(38)40)29(2,3)4;1-16-22(15-38)37-14-24(16)41-26-20(34-19-11-10-18(30(31,32)33)13-21(19)35-26)9-7-5-6-8-17-12-23(17)42-28(40)36-25(27(37)39)29(2,3)4;;;/h13-15,18-19,24-27H,5-12,16H2,1-4H3,(H,38,42);11-13,17,19,23-25H,6-10,14-15H2,1-5H3,(H,37,41);10-11,13,16-17,22-25H,5-9,12,14H2,1-4H3,(H,36,40);;;/q3*-1;;;/t18-,19+,24+,25+,26-,27+;17-,19+,23+,24-,25+,30+;16-,17+,22+,23+,24-,25+;;;/m000.../s1. The first kappa shape index (κ1) is 105. The van der Waals surface area contributed by atoms with Crippen LogP contribution in [0.15, 0.2) is 54.6 Å². The van der Waals surface area contributed by atoms with E-state index in [9.17, 15) is 82.7 Å². The van der Waals surface area contributed by atoms with Gasteiger partial charge in [0.1, 0.15) is 71.3 Å². The Morgan fingerprint density at radius 3 is 1.03 bits per heavy atom. The number of hydrogen-bond acceptors (Lipinski definition) is 21. The fraction of sp³-hybridized carbons (Fsp3) is 0.645. The van der Waals surface area contributed by atoms with Gasteiger partial charge in [0.25, 0.3) is 0 Å². The van der Waals surface area contributed by atoms with Gasteiger partial charge in [-0.1, -0.05) is 140 Å². The van der Waals surface area contributed by atoms with Crippen molar-refractivity contribution in [2.24, 2.45) is 51.8 Å². The summed E-state index contributed by atoms with van der Waals surface area (Å²) in [6.07, 6.45) is 3.49. The predicted octanol–water partition coefficient (Wildman–Crippen LogP) is 16.2. The molecule has 6 amide bonds. The third kappa shape index (κ3) is 24.8. The summed E-state index contributed by atoms with van der Waals surface area (Å²) >= 11 is 0.